The van der Waals surface area contributed by atoms with Crippen molar-refractivity contribution in [2.75, 3.05) is 0 Å². The lowest BCUT2D eigenvalue weighted by atomic mass is 9.82. The molecule has 0 fully saturated rings. The van der Waals surface area contributed by atoms with Crippen LogP contribution in [-0.2, 0) is 12.8 Å². The average molecular weight is 402 g/mol. The maximum absolute atomic E-state index is 13.3. The SMILES string of the molecule is O=C(c1ccc(-n2cccn2)cc1)C1C=c2c(ccc3c2=CCc2ccccc2-3)CC1. The molecule has 0 radical (unpaired) electrons. The Morgan fingerprint density at radius 1 is 0.871 bits per heavy atom. The molecule has 0 saturated carbocycles. The molecule has 0 bridgehead atoms. The van der Waals surface area contributed by atoms with Crippen molar-refractivity contribution in [3.8, 4) is 16.8 Å². The largest absolute Gasteiger partial charge is 0.294 e. The van der Waals surface area contributed by atoms with Crippen molar-refractivity contribution in [3.63, 3.8) is 0 Å². The molecule has 4 aromatic rings. The molecule has 1 unspecified atom stereocenters. The van der Waals surface area contributed by atoms with Crippen LogP contribution >= 0.6 is 0 Å². The Balaban J connectivity index is 1.38. The Morgan fingerprint density at radius 3 is 2.58 bits per heavy atom. The van der Waals surface area contributed by atoms with Crippen LogP contribution in [0.5, 0.6) is 0 Å². The molecule has 2 aliphatic carbocycles. The number of ketones is 1. The van der Waals surface area contributed by atoms with E-state index in [1.54, 1.807) is 10.9 Å². The Labute approximate surface area is 181 Å². The molecule has 150 valence electrons. The highest BCUT2D eigenvalue weighted by Crippen LogP contribution is 2.26. The van der Waals surface area contributed by atoms with Crippen LogP contribution in [0.15, 0.2) is 79.1 Å². The summed E-state index contributed by atoms with van der Waals surface area (Å²) in [4.78, 5) is 13.3. The van der Waals surface area contributed by atoms with Gasteiger partial charge in [0.2, 0.25) is 0 Å². The third-order valence-corrected chi connectivity index (χ3v) is 6.56. The van der Waals surface area contributed by atoms with E-state index in [0.717, 1.165) is 30.5 Å². The van der Waals surface area contributed by atoms with E-state index < -0.39 is 0 Å². The summed E-state index contributed by atoms with van der Waals surface area (Å²) in [5.74, 6) is 0.117. The number of carbonyl (C=O) groups excluding carboxylic acids is 1. The Hall–Kier alpha value is -3.72. The highest BCUT2D eigenvalue weighted by Gasteiger charge is 2.23. The number of aryl methyl sites for hydroxylation is 1. The fourth-order valence-electron chi connectivity index (χ4n) is 4.94. The van der Waals surface area contributed by atoms with Crippen LogP contribution in [0.1, 0.15) is 27.9 Å². The molecule has 3 nitrogen and oxygen atoms in total. The van der Waals surface area contributed by atoms with Crippen molar-refractivity contribution < 1.29 is 4.79 Å². The maximum Gasteiger partial charge on any atom is 0.169 e. The summed E-state index contributed by atoms with van der Waals surface area (Å²) in [6, 6.07) is 22.8. The lowest BCUT2D eigenvalue weighted by molar-refractivity contribution is 0.0947. The lowest BCUT2D eigenvalue weighted by Gasteiger charge is -2.21. The molecule has 6 rings (SSSR count). The third kappa shape index (κ3) is 3.05. The lowest BCUT2D eigenvalue weighted by Crippen LogP contribution is -2.37. The molecule has 1 aromatic heterocycles. The van der Waals surface area contributed by atoms with Crippen molar-refractivity contribution >= 4 is 17.9 Å². The highest BCUT2D eigenvalue weighted by atomic mass is 16.1. The molecule has 0 aliphatic heterocycles. The van der Waals surface area contributed by atoms with Gasteiger partial charge in [0.05, 0.1) is 5.69 Å². The van der Waals surface area contributed by atoms with Gasteiger partial charge in [0, 0.05) is 23.9 Å². The molecule has 0 amide bonds. The summed E-state index contributed by atoms with van der Waals surface area (Å²) in [5, 5.41) is 6.80. The second-order valence-corrected chi connectivity index (χ2v) is 8.34. The number of carbonyl (C=O) groups is 1. The van der Waals surface area contributed by atoms with Crippen molar-refractivity contribution in [1.82, 2.24) is 9.78 Å². The van der Waals surface area contributed by atoms with Gasteiger partial charge < -0.3 is 0 Å². The number of nitrogens with zero attached hydrogens (tertiary/aromatic N) is 2. The smallest absolute Gasteiger partial charge is 0.169 e. The number of fused-ring (bicyclic) bond motifs is 5. The zero-order valence-corrected chi connectivity index (χ0v) is 17.2. The third-order valence-electron chi connectivity index (χ3n) is 6.56. The zero-order valence-electron chi connectivity index (χ0n) is 17.2. The van der Waals surface area contributed by atoms with E-state index in [-0.39, 0.29) is 11.7 Å². The summed E-state index contributed by atoms with van der Waals surface area (Å²) < 4.78 is 1.80. The summed E-state index contributed by atoms with van der Waals surface area (Å²) in [6.07, 6.45) is 11.0. The maximum atomic E-state index is 13.3. The molecule has 1 heterocycles. The monoisotopic (exact) mass is 402 g/mol. The van der Waals surface area contributed by atoms with Crippen molar-refractivity contribution in [2.45, 2.75) is 19.3 Å². The van der Waals surface area contributed by atoms with Crippen LogP contribution < -0.4 is 10.4 Å². The molecule has 0 N–H and O–H groups in total. The van der Waals surface area contributed by atoms with Gasteiger partial charge in [-0.05, 0) is 82.3 Å². The van der Waals surface area contributed by atoms with Crippen LogP contribution in [0.3, 0.4) is 0 Å². The minimum absolute atomic E-state index is 0.0832. The molecule has 31 heavy (non-hydrogen) atoms. The number of hydrogen-bond acceptors (Lipinski definition) is 2. The van der Waals surface area contributed by atoms with E-state index in [0.29, 0.717) is 0 Å². The van der Waals surface area contributed by atoms with Gasteiger partial charge in [0.15, 0.2) is 5.78 Å². The van der Waals surface area contributed by atoms with Gasteiger partial charge in [0.1, 0.15) is 0 Å². The standard InChI is InChI=1S/C28H22N2O/c31-28(21-8-12-23(13-9-21)30-17-3-16-29-30)22-7-6-20-11-14-25-24-5-2-1-4-19(24)10-15-26(25)27(20)18-22/h1-5,8-9,11-18,22H,6-7,10H2. The normalized spacial score (nSPS) is 16.3. The van der Waals surface area contributed by atoms with E-state index in [1.165, 1.54) is 32.7 Å². The van der Waals surface area contributed by atoms with Gasteiger partial charge >= 0.3 is 0 Å². The zero-order chi connectivity index (χ0) is 20.8. The number of hydrogen-bond donors (Lipinski definition) is 0. The van der Waals surface area contributed by atoms with Crippen LogP contribution in [0.2, 0.25) is 0 Å². The van der Waals surface area contributed by atoms with Gasteiger partial charge in [-0.2, -0.15) is 5.10 Å². The minimum atomic E-state index is -0.0832. The molecular formula is C28H22N2O. The first-order valence-corrected chi connectivity index (χ1v) is 10.8. The first-order valence-electron chi connectivity index (χ1n) is 10.8. The molecule has 3 heteroatoms. The van der Waals surface area contributed by atoms with Crippen molar-refractivity contribution in [1.29, 1.82) is 0 Å². The van der Waals surface area contributed by atoms with Crippen molar-refractivity contribution in [3.05, 3.63) is 106 Å². The fraction of sp³-hybridized carbons (Fsp3) is 0.143. The molecule has 0 spiro atoms. The number of Topliss-reactive ketones (excluding diaryl/α,β-unsaturated/α-hetero) is 1. The van der Waals surface area contributed by atoms with E-state index in [1.807, 2.05) is 36.5 Å². The fourth-order valence-corrected chi connectivity index (χ4v) is 4.94. The quantitative estimate of drug-likeness (QED) is 0.484. The van der Waals surface area contributed by atoms with Crippen LogP contribution in [-0.4, -0.2) is 15.6 Å². The Morgan fingerprint density at radius 2 is 1.74 bits per heavy atom. The van der Waals surface area contributed by atoms with E-state index >= 15 is 0 Å². The average Bonchev–Trinajstić information content (AvgIpc) is 3.38. The Bertz CT molecular complexity index is 1410. The molecule has 1 atom stereocenters. The first-order chi connectivity index (χ1) is 15.3. The molecule has 2 aliphatic rings. The van der Waals surface area contributed by atoms with E-state index in [9.17, 15) is 4.79 Å². The van der Waals surface area contributed by atoms with E-state index in [4.69, 9.17) is 0 Å². The summed E-state index contributed by atoms with van der Waals surface area (Å²) in [7, 11) is 0. The van der Waals surface area contributed by atoms with Crippen LogP contribution in [0, 0.1) is 5.92 Å². The van der Waals surface area contributed by atoms with Gasteiger partial charge in [-0.25, -0.2) is 4.68 Å². The van der Waals surface area contributed by atoms with Crippen LogP contribution in [0.25, 0.3) is 29.0 Å². The van der Waals surface area contributed by atoms with Gasteiger partial charge in [-0.3, -0.25) is 4.79 Å². The molecular weight excluding hydrogens is 380 g/mol. The van der Waals surface area contributed by atoms with Crippen molar-refractivity contribution in [2.24, 2.45) is 5.92 Å². The highest BCUT2D eigenvalue weighted by molar-refractivity contribution is 6.01. The number of benzene rings is 3. The molecule has 3 aromatic carbocycles. The first kappa shape index (κ1) is 18.1. The predicted octanol–water partition coefficient (Wildman–Crippen LogP) is 4.10. The van der Waals surface area contributed by atoms with Gasteiger partial charge in [-0.15, -0.1) is 0 Å². The van der Waals surface area contributed by atoms with E-state index in [2.05, 4.69) is 53.6 Å². The second-order valence-electron chi connectivity index (χ2n) is 8.34. The minimum Gasteiger partial charge on any atom is -0.294 e. The second kappa shape index (κ2) is 7.21. The topological polar surface area (TPSA) is 34.9 Å². The van der Waals surface area contributed by atoms with Crippen LogP contribution in [0.4, 0.5) is 0 Å². The molecule has 0 saturated heterocycles. The van der Waals surface area contributed by atoms with Gasteiger partial charge in [-0.1, -0.05) is 48.6 Å². The Kier molecular flexibility index (Phi) is 4.20. The summed E-state index contributed by atoms with van der Waals surface area (Å²) in [5.41, 5.74) is 7.05. The predicted molar refractivity (Wildman–Crippen MR) is 123 cm³/mol. The number of rotatable bonds is 3. The summed E-state index contributed by atoms with van der Waals surface area (Å²) in [6.45, 7) is 0. The summed E-state index contributed by atoms with van der Waals surface area (Å²) >= 11 is 0. The van der Waals surface area contributed by atoms with Gasteiger partial charge in [0.25, 0.3) is 0 Å². The number of aromatic nitrogens is 2.